The molecular formula is C38H30FN5O. The number of anilines is 1. The molecule has 1 aromatic heterocycles. The van der Waals surface area contributed by atoms with E-state index < -0.39 is 23.4 Å². The van der Waals surface area contributed by atoms with Gasteiger partial charge in [-0.3, -0.25) is 9.79 Å². The van der Waals surface area contributed by atoms with Crippen molar-refractivity contribution in [2.75, 3.05) is 4.90 Å². The van der Waals surface area contributed by atoms with Gasteiger partial charge in [0.05, 0.1) is 30.0 Å². The maximum atomic E-state index is 15.0. The molecule has 5 aromatic carbocycles. The van der Waals surface area contributed by atoms with Crippen molar-refractivity contribution in [3.05, 3.63) is 191 Å². The number of hydrogen-bond acceptors (Lipinski definition) is 4. The van der Waals surface area contributed by atoms with E-state index in [-0.39, 0.29) is 12.1 Å². The molecule has 1 aliphatic rings. The van der Waals surface area contributed by atoms with E-state index in [1.165, 1.54) is 6.07 Å². The summed E-state index contributed by atoms with van der Waals surface area (Å²) < 4.78 is 17.1. The number of aliphatic imine (C=N–C) groups is 1. The van der Waals surface area contributed by atoms with Gasteiger partial charge in [0, 0.05) is 17.3 Å². The Balaban J connectivity index is 1.35. The highest BCUT2D eigenvalue weighted by molar-refractivity contribution is 6.20. The molecular weight excluding hydrogens is 561 g/mol. The molecule has 1 aliphatic heterocycles. The average Bonchev–Trinajstić information content (AvgIpc) is 3.53. The van der Waals surface area contributed by atoms with Crippen molar-refractivity contribution in [3.63, 3.8) is 0 Å². The number of halogens is 1. The molecule has 1 atom stereocenters. The van der Waals surface area contributed by atoms with Crippen LogP contribution in [0.4, 0.5) is 10.1 Å². The second kappa shape index (κ2) is 11.8. The largest absolute Gasteiger partial charge is 0.319 e. The molecule has 220 valence electrons. The molecule has 1 amide bonds. The summed E-state index contributed by atoms with van der Waals surface area (Å²) in [5, 5.41) is 0. The summed E-state index contributed by atoms with van der Waals surface area (Å²) in [5.41, 5.74) is 11.3. The third kappa shape index (κ3) is 4.93. The normalized spacial score (nSPS) is 14.9. The van der Waals surface area contributed by atoms with Crippen LogP contribution in [0.1, 0.15) is 33.5 Å². The second-order valence-electron chi connectivity index (χ2n) is 10.9. The first-order chi connectivity index (χ1) is 22.1. The lowest BCUT2D eigenvalue weighted by molar-refractivity contribution is -0.119. The molecule has 0 bridgehead atoms. The molecule has 0 aliphatic carbocycles. The van der Waals surface area contributed by atoms with Crippen LogP contribution in [0.3, 0.4) is 0 Å². The Morgan fingerprint density at radius 1 is 0.689 bits per heavy atom. The molecule has 6 aromatic rings. The van der Waals surface area contributed by atoms with E-state index in [2.05, 4.69) is 46.0 Å². The molecule has 0 fully saturated rings. The molecule has 2 N–H and O–H groups in total. The van der Waals surface area contributed by atoms with Crippen molar-refractivity contribution in [3.8, 4) is 0 Å². The maximum absolute atomic E-state index is 15.0. The van der Waals surface area contributed by atoms with Gasteiger partial charge in [-0.2, -0.15) is 0 Å². The minimum atomic E-state index is -1.22. The van der Waals surface area contributed by atoms with E-state index in [1.807, 2.05) is 91.4 Å². The van der Waals surface area contributed by atoms with Gasteiger partial charge < -0.3 is 15.2 Å². The number of amides is 1. The Hall–Kier alpha value is -5.66. The number of hydrogen-bond donors (Lipinski definition) is 1. The molecule has 0 radical (unpaired) electrons. The van der Waals surface area contributed by atoms with Gasteiger partial charge in [-0.1, -0.05) is 121 Å². The van der Waals surface area contributed by atoms with Gasteiger partial charge in [0.25, 0.3) is 5.91 Å². The van der Waals surface area contributed by atoms with Gasteiger partial charge in [0.1, 0.15) is 11.4 Å². The Morgan fingerprint density at radius 2 is 1.20 bits per heavy atom. The van der Waals surface area contributed by atoms with Gasteiger partial charge in [-0.05, 0) is 34.9 Å². The number of benzene rings is 5. The SMILES string of the molecule is N[C@@H]1N=C(c2ccccc2F)c2ccccc2N(Cc2cn(C(c3ccccc3)(c3ccccc3)c3ccccc3)cn2)C1=O. The third-order valence-electron chi connectivity index (χ3n) is 8.28. The van der Waals surface area contributed by atoms with E-state index in [0.717, 1.165) is 16.7 Å². The number of para-hydroxylation sites is 1. The molecule has 7 rings (SSSR count). The first kappa shape index (κ1) is 28.1. The van der Waals surface area contributed by atoms with Crippen LogP contribution in [-0.4, -0.2) is 27.3 Å². The maximum Gasteiger partial charge on any atom is 0.266 e. The van der Waals surface area contributed by atoms with Gasteiger partial charge in [-0.15, -0.1) is 0 Å². The van der Waals surface area contributed by atoms with Crippen LogP contribution in [0.2, 0.25) is 0 Å². The number of imidazole rings is 1. The molecule has 7 heteroatoms. The first-order valence-corrected chi connectivity index (χ1v) is 14.8. The lowest BCUT2D eigenvalue weighted by Gasteiger charge is -2.37. The van der Waals surface area contributed by atoms with Crippen molar-refractivity contribution in [1.82, 2.24) is 9.55 Å². The van der Waals surface area contributed by atoms with Gasteiger partial charge in [0.15, 0.2) is 6.17 Å². The van der Waals surface area contributed by atoms with Crippen molar-refractivity contribution in [2.45, 2.75) is 18.2 Å². The first-order valence-electron chi connectivity index (χ1n) is 14.8. The molecule has 2 heterocycles. The Bertz CT molecular complexity index is 1890. The van der Waals surface area contributed by atoms with Gasteiger partial charge in [-0.25, -0.2) is 9.37 Å². The number of fused-ring (bicyclic) bond motifs is 1. The van der Waals surface area contributed by atoms with Crippen LogP contribution < -0.4 is 10.6 Å². The number of carbonyl (C=O) groups is 1. The fourth-order valence-electron chi connectivity index (χ4n) is 6.26. The minimum Gasteiger partial charge on any atom is -0.319 e. The zero-order chi connectivity index (χ0) is 30.8. The van der Waals surface area contributed by atoms with E-state index >= 15 is 0 Å². The smallest absolute Gasteiger partial charge is 0.266 e. The predicted octanol–water partition coefficient (Wildman–Crippen LogP) is 6.53. The summed E-state index contributed by atoms with van der Waals surface area (Å²) in [7, 11) is 0. The second-order valence-corrected chi connectivity index (χ2v) is 10.9. The minimum absolute atomic E-state index is 0.144. The fourth-order valence-corrected chi connectivity index (χ4v) is 6.26. The summed E-state index contributed by atoms with van der Waals surface area (Å²) in [5.74, 6) is -0.833. The van der Waals surface area contributed by atoms with E-state index in [1.54, 1.807) is 23.1 Å². The number of aromatic nitrogens is 2. The van der Waals surface area contributed by atoms with Crippen molar-refractivity contribution >= 4 is 17.3 Å². The van der Waals surface area contributed by atoms with Crippen LogP contribution in [0.25, 0.3) is 0 Å². The highest BCUT2D eigenvalue weighted by Crippen LogP contribution is 2.41. The number of rotatable bonds is 7. The van der Waals surface area contributed by atoms with E-state index in [0.29, 0.717) is 22.7 Å². The van der Waals surface area contributed by atoms with Crippen molar-refractivity contribution in [2.24, 2.45) is 10.7 Å². The van der Waals surface area contributed by atoms with Crippen LogP contribution in [0.5, 0.6) is 0 Å². The highest BCUT2D eigenvalue weighted by Gasteiger charge is 2.39. The number of benzodiazepines with no additional fused rings is 1. The average molecular weight is 592 g/mol. The fraction of sp³-hybridized carbons (Fsp3) is 0.0789. The van der Waals surface area contributed by atoms with Crippen LogP contribution in [0.15, 0.2) is 157 Å². The monoisotopic (exact) mass is 591 g/mol. The standard InChI is InChI=1S/C38H30FN5O/c39-33-22-12-10-20-31(33)35-32-21-11-13-23-34(32)44(37(45)36(40)42-35)25-30-24-43(26-41-30)38(27-14-4-1-5-15-27,28-16-6-2-7-17-28)29-18-8-3-9-19-29/h1-24,26,36H,25,40H2/t36-/m1/s1. The highest BCUT2D eigenvalue weighted by atomic mass is 19.1. The molecule has 45 heavy (non-hydrogen) atoms. The van der Waals surface area contributed by atoms with Crippen molar-refractivity contribution < 1.29 is 9.18 Å². The summed E-state index contributed by atoms with van der Waals surface area (Å²) in [6.45, 7) is 0.144. The van der Waals surface area contributed by atoms with Crippen LogP contribution in [-0.2, 0) is 16.9 Å². The Labute approximate surface area is 260 Å². The van der Waals surface area contributed by atoms with Crippen LogP contribution >= 0.6 is 0 Å². The quantitative estimate of drug-likeness (QED) is 0.215. The topological polar surface area (TPSA) is 76.5 Å². The summed E-state index contributed by atoms with van der Waals surface area (Å²) in [6, 6.07) is 44.7. The molecule has 6 nitrogen and oxygen atoms in total. The number of nitrogens with two attached hydrogens (primary N) is 1. The number of nitrogens with zero attached hydrogens (tertiary/aromatic N) is 4. The van der Waals surface area contributed by atoms with E-state index in [9.17, 15) is 9.18 Å². The van der Waals surface area contributed by atoms with Gasteiger partial charge >= 0.3 is 0 Å². The lowest BCUT2D eigenvalue weighted by Crippen LogP contribution is -2.42. The molecule has 0 unspecified atom stereocenters. The Kier molecular flexibility index (Phi) is 7.37. The zero-order valence-electron chi connectivity index (χ0n) is 24.4. The summed E-state index contributed by atoms with van der Waals surface area (Å²) >= 11 is 0. The zero-order valence-corrected chi connectivity index (χ0v) is 24.4. The lowest BCUT2D eigenvalue weighted by atomic mass is 9.77. The predicted molar refractivity (Wildman–Crippen MR) is 174 cm³/mol. The van der Waals surface area contributed by atoms with Gasteiger partial charge in [0.2, 0.25) is 0 Å². The van der Waals surface area contributed by atoms with Crippen LogP contribution in [0, 0.1) is 5.82 Å². The molecule has 0 spiro atoms. The summed E-state index contributed by atoms with van der Waals surface area (Å²) in [6.07, 6.45) is 2.58. The summed E-state index contributed by atoms with van der Waals surface area (Å²) in [4.78, 5) is 24.8. The number of carbonyl (C=O) groups excluding carboxylic acids is 1. The molecule has 0 saturated carbocycles. The molecule has 0 saturated heterocycles. The van der Waals surface area contributed by atoms with Crippen molar-refractivity contribution in [1.29, 1.82) is 0 Å². The third-order valence-corrected chi connectivity index (χ3v) is 8.28. The Morgan fingerprint density at radius 3 is 1.78 bits per heavy atom. The van der Waals surface area contributed by atoms with E-state index in [4.69, 9.17) is 10.7 Å².